The fourth-order valence-corrected chi connectivity index (χ4v) is 2.41. The van der Waals surface area contributed by atoms with Crippen LogP contribution in [-0.4, -0.2) is 12.6 Å². The number of nitrogens with one attached hydrogen (secondary N) is 1. The molecule has 17 heavy (non-hydrogen) atoms. The lowest BCUT2D eigenvalue weighted by molar-refractivity contribution is 0.328. The summed E-state index contributed by atoms with van der Waals surface area (Å²) in [6, 6.07) is 7.00. The average molecular weight is 231 g/mol. The minimum Gasteiger partial charge on any atom is -0.493 e. The maximum atomic E-state index is 5.68. The summed E-state index contributed by atoms with van der Waals surface area (Å²) in [5.74, 6) is 1.65. The molecule has 1 aromatic carbocycles. The third-order valence-electron chi connectivity index (χ3n) is 3.39. The molecule has 1 N–H and O–H groups in total. The largest absolute Gasteiger partial charge is 0.493 e. The van der Waals surface area contributed by atoms with Crippen LogP contribution in [0.15, 0.2) is 31.0 Å². The fraction of sp³-hybridized carbons (Fsp3) is 0.467. The normalized spacial score (nSPS) is 19.3. The van der Waals surface area contributed by atoms with Crippen LogP contribution in [0.5, 0.6) is 5.75 Å². The smallest absolute Gasteiger partial charge is 0.122 e. The van der Waals surface area contributed by atoms with Gasteiger partial charge >= 0.3 is 0 Å². The monoisotopic (exact) mass is 231 g/mol. The van der Waals surface area contributed by atoms with Crippen LogP contribution in [-0.2, 0) is 6.42 Å². The van der Waals surface area contributed by atoms with E-state index >= 15 is 0 Å². The number of rotatable bonds is 5. The van der Waals surface area contributed by atoms with E-state index in [1.54, 1.807) is 6.20 Å². The molecule has 2 nitrogen and oxygen atoms in total. The summed E-state index contributed by atoms with van der Waals surface area (Å²) in [6.45, 7) is 8.93. The SMILES string of the molecule is C=CNC(C)Cc1ccc2c(c1)C(CC)CO2. The Morgan fingerprint density at radius 3 is 3.12 bits per heavy atom. The van der Waals surface area contributed by atoms with Gasteiger partial charge in [-0.15, -0.1) is 0 Å². The lowest BCUT2D eigenvalue weighted by Crippen LogP contribution is -2.22. The lowest BCUT2D eigenvalue weighted by atomic mass is 9.95. The van der Waals surface area contributed by atoms with E-state index in [9.17, 15) is 0 Å². The standard InChI is InChI=1S/C15H21NO/c1-4-13-10-17-15-7-6-12(9-14(13)15)8-11(3)16-5-2/h5-7,9,11,13,16H,2,4,8,10H2,1,3H3. The van der Waals surface area contributed by atoms with Gasteiger partial charge in [-0.2, -0.15) is 0 Å². The first-order valence-electron chi connectivity index (χ1n) is 6.37. The van der Waals surface area contributed by atoms with Crippen molar-refractivity contribution in [2.24, 2.45) is 0 Å². The summed E-state index contributed by atoms with van der Waals surface area (Å²) in [7, 11) is 0. The van der Waals surface area contributed by atoms with E-state index in [4.69, 9.17) is 4.74 Å². The molecule has 0 radical (unpaired) electrons. The van der Waals surface area contributed by atoms with Gasteiger partial charge in [0.05, 0.1) is 6.61 Å². The molecule has 1 aliphatic rings. The summed E-state index contributed by atoms with van der Waals surface area (Å²) < 4.78 is 5.68. The van der Waals surface area contributed by atoms with Gasteiger partial charge in [0.2, 0.25) is 0 Å². The molecule has 1 heterocycles. The van der Waals surface area contributed by atoms with Gasteiger partial charge in [-0.05, 0) is 37.6 Å². The van der Waals surface area contributed by atoms with Crippen molar-refractivity contribution in [3.05, 3.63) is 42.1 Å². The van der Waals surface area contributed by atoms with E-state index in [1.165, 1.54) is 11.1 Å². The van der Waals surface area contributed by atoms with E-state index in [0.717, 1.165) is 25.2 Å². The predicted octanol–water partition coefficient (Wildman–Crippen LogP) is 3.24. The summed E-state index contributed by atoms with van der Waals surface area (Å²) in [4.78, 5) is 0. The Hall–Kier alpha value is -1.44. The minimum atomic E-state index is 0.424. The molecule has 2 atom stereocenters. The molecule has 0 spiro atoms. The maximum absolute atomic E-state index is 5.68. The van der Waals surface area contributed by atoms with Crippen molar-refractivity contribution in [1.82, 2.24) is 5.32 Å². The number of hydrogen-bond acceptors (Lipinski definition) is 2. The Balaban J connectivity index is 2.13. The molecule has 1 aliphatic heterocycles. The third-order valence-corrected chi connectivity index (χ3v) is 3.39. The van der Waals surface area contributed by atoms with E-state index in [-0.39, 0.29) is 0 Å². The molecule has 92 valence electrons. The molecular formula is C15H21NO. The number of benzene rings is 1. The number of fused-ring (bicyclic) bond motifs is 1. The van der Waals surface area contributed by atoms with Crippen LogP contribution in [0.4, 0.5) is 0 Å². The first-order chi connectivity index (χ1) is 8.24. The highest BCUT2D eigenvalue weighted by atomic mass is 16.5. The van der Waals surface area contributed by atoms with Crippen molar-refractivity contribution in [1.29, 1.82) is 0 Å². The van der Waals surface area contributed by atoms with Gasteiger partial charge < -0.3 is 10.1 Å². The van der Waals surface area contributed by atoms with Crippen LogP contribution in [0.2, 0.25) is 0 Å². The molecule has 2 heteroatoms. The summed E-state index contributed by atoms with van der Waals surface area (Å²) in [6.07, 6.45) is 3.93. The first-order valence-corrected chi connectivity index (χ1v) is 6.37. The summed E-state index contributed by atoms with van der Waals surface area (Å²) >= 11 is 0. The van der Waals surface area contributed by atoms with Crippen molar-refractivity contribution in [3.63, 3.8) is 0 Å². The maximum Gasteiger partial charge on any atom is 0.122 e. The average Bonchev–Trinajstić information content (AvgIpc) is 2.71. The molecule has 0 aliphatic carbocycles. The lowest BCUT2D eigenvalue weighted by Gasteiger charge is -2.13. The Bertz CT molecular complexity index is 400. The second-order valence-electron chi connectivity index (χ2n) is 4.76. The van der Waals surface area contributed by atoms with Crippen LogP contribution in [0.25, 0.3) is 0 Å². The fourth-order valence-electron chi connectivity index (χ4n) is 2.41. The molecule has 0 bridgehead atoms. The van der Waals surface area contributed by atoms with E-state index in [1.807, 2.05) is 0 Å². The van der Waals surface area contributed by atoms with Gasteiger partial charge in [-0.1, -0.05) is 25.6 Å². The topological polar surface area (TPSA) is 21.3 Å². The summed E-state index contributed by atoms with van der Waals surface area (Å²) in [5, 5.41) is 3.22. The zero-order valence-corrected chi connectivity index (χ0v) is 10.7. The molecule has 0 aromatic heterocycles. The van der Waals surface area contributed by atoms with Crippen molar-refractivity contribution >= 4 is 0 Å². The quantitative estimate of drug-likeness (QED) is 0.840. The highest BCUT2D eigenvalue weighted by molar-refractivity contribution is 5.42. The highest BCUT2D eigenvalue weighted by Gasteiger charge is 2.22. The molecule has 0 fully saturated rings. The van der Waals surface area contributed by atoms with Crippen molar-refractivity contribution < 1.29 is 4.74 Å². The molecular weight excluding hydrogens is 210 g/mol. The number of ether oxygens (including phenoxy) is 1. The third kappa shape index (κ3) is 2.63. The zero-order valence-electron chi connectivity index (χ0n) is 10.7. The second-order valence-corrected chi connectivity index (χ2v) is 4.76. The number of hydrogen-bond donors (Lipinski definition) is 1. The predicted molar refractivity (Wildman–Crippen MR) is 71.5 cm³/mol. The van der Waals surface area contributed by atoms with Crippen LogP contribution < -0.4 is 10.1 Å². The zero-order chi connectivity index (χ0) is 12.3. The van der Waals surface area contributed by atoms with Gasteiger partial charge in [0.15, 0.2) is 0 Å². The van der Waals surface area contributed by atoms with Crippen LogP contribution in [0.1, 0.15) is 37.3 Å². The Morgan fingerprint density at radius 1 is 1.59 bits per heavy atom. The van der Waals surface area contributed by atoms with Gasteiger partial charge in [0.25, 0.3) is 0 Å². The van der Waals surface area contributed by atoms with Gasteiger partial charge in [-0.3, -0.25) is 0 Å². The molecule has 1 aromatic rings. The second kappa shape index (κ2) is 5.26. The van der Waals surface area contributed by atoms with Crippen molar-refractivity contribution in [2.45, 2.75) is 38.6 Å². The van der Waals surface area contributed by atoms with Gasteiger partial charge in [0.1, 0.15) is 5.75 Å². The van der Waals surface area contributed by atoms with Crippen LogP contribution >= 0.6 is 0 Å². The van der Waals surface area contributed by atoms with Crippen molar-refractivity contribution in [2.75, 3.05) is 6.61 Å². The molecule has 2 unspecified atom stereocenters. The van der Waals surface area contributed by atoms with Crippen LogP contribution in [0, 0.1) is 0 Å². The summed E-state index contributed by atoms with van der Waals surface area (Å²) in [5.41, 5.74) is 2.75. The Kier molecular flexibility index (Phi) is 3.72. The molecule has 0 saturated heterocycles. The molecule has 0 amide bonds. The van der Waals surface area contributed by atoms with E-state index in [0.29, 0.717) is 12.0 Å². The molecule has 2 rings (SSSR count). The van der Waals surface area contributed by atoms with E-state index in [2.05, 4.69) is 43.9 Å². The van der Waals surface area contributed by atoms with E-state index < -0.39 is 0 Å². The minimum absolute atomic E-state index is 0.424. The van der Waals surface area contributed by atoms with Crippen molar-refractivity contribution in [3.8, 4) is 5.75 Å². The van der Waals surface area contributed by atoms with Gasteiger partial charge in [-0.25, -0.2) is 0 Å². The van der Waals surface area contributed by atoms with Crippen LogP contribution in [0.3, 0.4) is 0 Å². The highest BCUT2D eigenvalue weighted by Crippen LogP contribution is 2.36. The van der Waals surface area contributed by atoms with Gasteiger partial charge in [0, 0.05) is 17.5 Å². The molecule has 0 saturated carbocycles. The first kappa shape index (κ1) is 12.0. The Morgan fingerprint density at radius 2 is 2.41 bits per heavy atom. The Labute approximate surface area is 104 Å².